The van der Waals surface area contributed by atoms with E-state index in [0.717, 1.165) is 6.92 Å². The van der Waals surface area contributed by atoms with E-state index in [-0.39, 0.29) is 5.15 Å². The lowest BCUT2D eigenvalue weighted by atomic mass is 10.5. The Labute approximate surface area is 73.8 Å². The van der Waals surface area contributed by atoms with Crippen LogP contribution in [0.3, 0.4) is 0 Å². The van der Waals surface area contributed by atoms with Gasteiger partial charge in [0.05, 0.1) is 0 Å². The van der Waals surface area contributed by atoms with Gasteiger partial charge >= 0.3 is 0 Å². The fourth-order valence-electron chi connectivity index (χ4n) is 0.366. The summed E-state index contributed by atoms with van der Waals surface area (Å²) in [5, 5.41) is 7.34. The number of carbonyl (C=O) groups is 1. The Bertz CT molecular complexity index is 242. The van der Waals surface area contributed by atoms with E-state index < -0.39 is 11.8 Å². The molecule has 0 radical (unpaired) electrons. The van der Waals surface area contributed by atoms with E-state index in [0.29, 0.717) is 0 Å². The lowest BCUT2D eigenvalue weighted by Gasteiger charge is -1.86. The molecule has 0 saturated carbocycles. The molecule has 66 valence electrons. The van der Waals surface area contributed by atoms with Crippen LogP contribution in [0.1, 0.15) is 6.92 Å². The highest BCUT2D eigenvalue weighted by molar-refractivity contribution is 6.29. The number of hydrogen-bond acceptors (Lipinski definition) is 2. The fraction of sp³-hybridized carbons (Fsp3) is 0.143. The summed E-state index contributed by atoms with van der Waals surface area (Å²) in [5.74, 6) is -1.31. The minimum absolute atomic E-state index is 0.0764. The fourth-order valence-corrected chi connectivity index (χ4v) is 0.486. The van der Waals surface area contributed by atoms with Gasteiger partial charge in [0.1, 0.15) is 0 Å². The van der Waals surface area contributed by atoms with E-state index in [2.05, 4.69) is 4.98 Å². The quantitative estimate of drug-likeness (QED) is 0.638. The Kier molecular flexibility index (Phi) is 4.96. The maximum Gasteiger partial charge on any atom is 0.300 e. The third-order valence-corrected chi connectivity index (χ3v) is 0.992. The monoisotopic (exact) mass is 191 g/mol. The molecule has 1 aromatic rings. The van der Waals surface area contributed by atoms with Gasteiger partial charge in [0.25, 0.3) is 5.97 Å². The van der Waals surface area contributed by atoms with Crippen LogP contribution in [0.15, 0.2) is 18.3 Å². The number of carboxylic acid groups (broad SMARTS) is 1. The molecule has 0 atom stereocenters. The molecule has 0 aliphatic heterocycles. The van der Waals surface area contributed by atoms with Crippen molar-refractivity contribution in [2.24, 2.45) is 0 Å². The highest BCUT2D eigenvalue weighted by Crippen LogP contribution is 2.07. The molecule has 1 N–H and O–H groups in total. The van der Waals surface area contributed by atoms with Gasteiger partial charge in [-0.25, -0.2) is 9.37 Å². The van der Waals surface area contributed by atoms with E-state index >= 15 is 0 Å². The predicted molar refractivity (Wildman–Crippen MR) is 42.5 cm³/mol. The molecule has 0 aromatic carbocycles. The Balaban J connectivity index is 0.000000261. The standard InChI is InChI=1S/C5H3ClFN.C2H4O2/c6-5-4(7)2-1-3-8-5;1-2(3)4/h1-3H;1H3,(H,3,4). The molecule has 5 heteroatoms. The van der Waals surface area contributed by atoms with Crippen LogP contribution in [0, 0.1) is 5.82 Å². The maximum absolute atomic E-state index is 12.1. The first-order valence-corrected chi connectivity index (χ1v) is 3.37. The minimum atomic E-state index is -0.833. The molecule has 3 nitrogen and oxygen atoms in total. The molecular weight excluding hydrogens is 185 g/mol. The summed E-state index contributed by atoms with van der Waals surface area (Å²) < 4.78 is 12.1. The zero-order valence-corrected chi connectivity index (χ0v) is 7.05. The van der Waals surface area contributed by atoms with Crippen molar-refractivity contribution in [2.45, 2.75) is 6.92 Å². The van der Waals surface area contributed by atoms with Crippen molar-refractivity contribution in [2.75, 3.05) is 0 Å². The Hall–Kier alpha value is -1.16. The van der Waals surface area contributed by atoms with Crippen molar-refractivity contribution in [1.82, 2.24) is 4.98 Å². The molecule has 1 aromatic heterocycles. The molecule has 12 heavy (non-hydrogen) atoms. The van der Waals surface area contributed by atoms with Crippen molar-refractivity contribution in [3.05, 3.63) is 29.3 Å². The number of rotatable bonds is 0. The molecule has 0 unspecified atom stereocenters. The summed E-state index contributed by atoms with van der Waals surface area (Å²) in [7, 11) is 0. The Morgan fingerprint density at radius 2 is 2.25 bits per heavy atom. The second kappa shape index (κ2) is 5.49. The first kappa shape index (κ1) is 10.8. The smallest absolute Gasteiger partial charge is 0.300 e. The van der Waals surface area contributed by atoms with Gasteiger partial charge in [-0.05, 0) is 12.1 Å². The van der Waals surface area contributed by atoms with Crippen LogP contribution in [0.5, 0.6) is 0 Å². The number of aliphatic carboxylic acids is 1. The summed E-state index contributed by atoms with van der Waals surface area (Å²) in [6.45, 7) is 1.08. The summed E-state index contributed by atoms with van der Waals surface area (Å²) in [4.78, 5) is 12.5. The van der Waals surface area contributed by atoms with Crippen LogP contribution in [-0.2, 0) is 4.79 Å². The van der Waals surface area contributed by atoms with Crippen LogP contribution in [0.4, 0.5) is 4.39 Å². The first-order valence-electron chi connectivity index (χ1n) is 2.99. The second-order valence-electron chi connectivity index (χ2n) is 1.80. The van der Waals surface area contributed by atoms with Crippen molar-refractivity contribution in [3.63, 3.8) is 0 Å². The SMILES string of the molecule is CC(=O)O.Fc1cccnc1Cl. The normalized spacial score (nSPS) is 8.25. The molecule has 0 aliphatic rings. The predicted octanol–water partition coefficient (Wildman–Crippen LogP) is 1.96. The third-order valence-electron chi connectivity index (χ3n) is 0.714. The topological polar surface area (TPSA) is 50.2 Å². The lowest BCUT2D eigenvalue weighted by molar-refractivity contribution is -0.134. The summed E-state index contributed by atoms with van der Waals surface area (Å²) in [5.41, 5.74) is 0. The van der Waals surface area contributed by atoms with Crippen molar-refractivity contribution in [1.29, 1.82) is 0 Å². The van der Waals surface area contributed by atoms with Gasteiger partial charge in [0.2, 0.25) is 0 Å². The zero-order valence-electron chi connectivity index (χ0n) is 6.29. The van der Waals surface area contributed by atoms with Crippen LogP contribution in [0.2, 0.25) is 5.15 Å². The molecule has 0 saturated heterocycles. The number of carboxylic acids is 1. The van der Waals surface area contributed by atoms with Gasteiger partial charge in [-0.3, -0.25) is 4.79 Å². The lowest BCUT2D eigenvalue weighted by Crippen LogP contribution is -1.78. The molecule has 0 spiro atoms. The largest absolute Gasteiger partial charge is 0.481 e. The van der Waals surface area contributed by atoms with Crippen LogP contribution >= 0.6 is 11.6 Å². The van der Waals surface area contributed by atoms with Gasteiger partial charge in [0, 0.05) is 13.1 Å². The molecule has 0 amide bonds. The molecule has 0 bridgehead atoms. The average molecular weight is 192 g/mol. The van der Waals surface area contributed by atoms with E-state index in [1.54, 1.807) is 0 Å². The number of nitrogens with zero attached hydrogens (tertiary/aromatic N) is 1. The van der Waals surface area contributed by atoms with Gasteiger partial charge in [-0.15, -0.1) is 0 Å². The van der Waals surface area contributed by atoms with Crippen molar-refractivity contribution < 1.29 is 14.3 Å². The molecular formula is C7H7ClFNO2. The molecule has 1 rings (SSSR count). The minimum Gasteiger partial charge on any atom is -0.481 e. The Morgan fingerprint density at radius 3 is 2.50 bits per heavy atom. The van der Waals surface area contributed by atoms with Crippen molar-refractivity contribution in [3.8, 4) is 0 Å². The van der Waals surface area contributed by atoms with Gasteiger partial charge in [-0.1, -0.05) is 11.6 Å². The average Bonchev–Trinajstić information content (AvgIpc) is 1.94. The van der Waals surface area contributed by atoms with Crippen LogP contribution < -0.4 is 0 Å². The number of aromatic nitrogens is 1. The van der Waals surface area contributed by atoms with E-state index in [1.807, 2.05) is 0 Å². The van der Waals surface area contributed by atoms with Gasteiger partial charge in [-0.2, -0.15) is 0 Å². The maximum atomic E-state index is 12.1. The summed E-state index contributed by atoms with van der Waals surface area (Å²) in [6.07, 6.45) is 1.44. The third kappa shape index (κ3) is 5.61. The molecule has 0 aliphatic carbocycles. The van der Waals surface area contributed by atoms with Crippen LogP contribution in [0.25, 0.3) is 0 Å². The van der Waals surface area contributed by atoms with Crippen molar-refractivity contribution >= 4 is 17.6 Å². The number of pyridine rings is 1. The van der Waals surface area contributed by atoms with E-state index in [4.69, 9.17) is 21.5 Å². The summed E-state index contributed by atoms with van der Waals surface area (Å²) in [6, 6.07) is 2.75. The van der Waals surface area contributed by atoms with E-state index in [1.165, 1.54) is 18.3 Å². The number of hydrogen-bond donors (Lipinski definition) is 1. The summed E-state index contributed by atoms with van der Waals surface area (Å²) >= 11 is 5.22. The first-order chi connectivity index (χ1) is 5.54. The highest BCUT2D eigenvalue weighted by atomic mass is 35.5. The number of halogens is 2. The Morgan fingerprint density at radius 1 is 1.75 bits per heavy atom. The van der Waals surface area contributed by atoms with Gasteiger partial charge in [0.15, 0.2) is 11.0 Å². The molecule has 1 heterocycles. The zero-order chi connectivity index (χ0) is 9.56. The van der Waals surface area contributed by atoms with Gasteiger partial charge < -0.3 is 5.11 Å². The molecule has 0 fully saturated rings. The highest BCUT2D eigenvalue weighted by Gasteiger charge is 1.93. The van der Waals surface area contributed by atoms with Crippen LogP contribution in [-0.4, -0.2) is 16.1 Å². The second-order valence-corrected chi connectivity index (χ2v) is 2.15. The van der Waals surface area contributed by atoms with E-state index in [9.17, 15) is 4.39 Å².